The molecule has 23 heavy (non-hydrogen) atoms. The number of carbonyl (C=O) groups is 1. The Hall–Kier alpha value is -2.56. The minimum Gasteiger partial charge on any atom is -0.494 e. The zero-order valence-electron chi connectivity index (χ0n) is 13.9. The van der Waals surface area contributed by atoms with Crippen molar-refractivity contribution in [2.45, 2.75) is 20.8 Å². The molecule has 1 aromatic heterocycles. The summed E-state index contributed by atoms with van der Waals surface area (Å²) < 4.78 is 5.38. The highest BCUT2D eigenvalue weighted by Gasteiger charge is 2.09. The van der Waals surface area contributed by atoms with Gasteiger partial charge in [-0.25, -0.2) is 4.98 Å². The normalized spacial score (nSPS) is 10.2. The summed E-state index contributed by atoms with van der Waals surface area (Å²) in [6.45, 7) is 8.57. The Morgan fingerprint density at radius 1 is 1.09 bits per heavy atom. The first-order valence-electron chi connectivity index (χ1n) is 7.93. The molecular formula is C18H23N3O2. The zero-order valence-corrected chi connectivity index (χ0v) is 13.9. The Labute approximate surface area is 137 Å². The van der Waals surface area contributed by atoms with E-state index in [1.165, 1.54) is 0 Å². The average molecular weight is 313 g/mol. The monoisotopic (exact) mass is 313 g/mol. The molecule has 0 aliphatic rings. The predicted octanol–water partition coefficient (Wildman–Crippen LogP) is 3.58. The van der Waals surface area contributed by atoms with Crippen molar-refractivity contribution in [3.8, 4) is 5.75 Å². The van der Waals surface area contributed by atoms with Crippen molar-refractivity contribution < 1.29 is 9.53 Å². The van der Waals surface area contributed by atoms with E-state index in [1.54, 1.807) is 12.3 Å². The molecule has 5 nitrogen and oxygen atoms in total. The van der Waals surface area contributed by atoms with Crippen molar-refractivity contribution >= 4 is 17.3 Å². The van der Waals surface area contributed by atoms with E-state index in [0.29, 0.717) is 18.0 Å². The fraction of sp³-hybridized carbons (Fsp3) is 0.333. The topological polar surface area (TPSA) is 54.5 Å². The molecule has 122 valence electrons. The largest absolute Gasteiger partial charge is 0.494 e. The third-order valence-corrected chi connectivity index (χ3v) is 3.53. The maximum Gasteiger partial charge on any atom is 0.274 e. The van der Waals surface area contributed by atoms with Gasteiger partial charge in [0, 0.05) is 18.8 Å². The highest BCUT2D eigenvalue weighted by Crippen LogP contribution is 2.17. The van der Waals surface area contributed by atoms with E-state index in [-0.39, 0.29) is 5.91 Å². The van der Waals surface area contributed by atoms with E-state index in [1.807, 2.05) is 37.3 Å². The number of hydrogen-bond donors (Lipinski definition) is 1. The van der Waals surface area contributed by atoms with Gasteiger partial charge in [-0.15, -0.1) is 0 Å². The number of amides is 1. The number of rotatable bonds is 7. The lowest BCUT2D eigenvalue weighted by molar-refractivity contribution is 0.102. The summed E-state index contributed by atoms with van der Waals surface area (Å²) in [5.74, 6) is 0.562. The first-order valence-corrected chi connectivity index (χ1v) is 7.93. The molecule has 1 N–H and O–H groups in total. The number of aromatic nitrogens is 1. The van der Waals surface area contributed by atoms with Gasteiger partial charge in [0.2, 0.25) is 0 Å². The molecule has 0 atom stereocenters. The SMILES string of the molecule is CCOc1ccc(NC(=O)c2ccc(N(CC)CC)cn2)cc1. The molecule has 1 aromatic carbocycles. The molecule has 0 aliphatic heterocycles. The number of pyridine rings is 1. The second-order valence-electron chi connectivity index (χ2n) is 4.99. The third kappa shape index (κ3) is 4.45. The molecule has 2 aromatic rings. The molecule has 0 fully saturated rings. The van der Waals surface area contributed by atoms with Crippen LogP contribution in [0.3, 0.4) is 0 Å². The predicted molar refractivity (Wildman–Crippen MR) is 93.4 cm³/mol. The second-order valence-corrected chi connectivity index (χ2v) is 4.99. The standard InChI is InChI=1S/C18H23N3O2/c1-4-21(5-2)15-9-12-17(19-13-15)18(22)20-14-7-10-16(11-8-14)23-6-3/h7-13H,4-6H2,1-3H3,(H,20,22). The zero-order chi connectivity index (χ0) is 16.7. The molecule has 2 rings (SSSR count). The number of nitrogens with zero attached hydrogens (tertiary/aromatic N) is 2. The summed E-state index contributed by atoms with van der Waals surface area (Å²) in [7, 11) is 0. The Kier molecular flexibility index (Phi) is 5.97. The van der Waals surface area contributed by atoms with Crippen molar-refractivity contribution in [1.29, 1.82) is 0 Å². The Morgan fingerprint density at radius 3 is 2.30 bits per heavy atom. The van der Waals surface area contributed by atoms with Crippen molar-refractivity contribution in [3.63, 3.8) is 0 Å². The van der Waals surface area contributed by atoms with E-state index in [4.69, 9.17) is 4.74 Å². The Bertz CT molecular complexity index is 620. The molecule has 0 saturated heterocycles. The summed E-state index contributed by atoms with van der Waals surface area (Å²) in [6.07, 6.45) is 1.74. The van der Waals surface area contributed by atoms with Crippen LogP contribution in [0.2, 0.25) is 0 Å². The summed E-state index contributed by atoms with van der Waals surface area (Å²) >= 11 is 0. The molecule has 0 spiro atoms. The van der Waals surface area contributed by atoms with Gasteiger partial charge >= 0.3 is 0 Å². The molecular weight excluding hydrogens is 290 g/mol. The number of ether oxygens (including phenoxy) is 1. The van der Waals surface area contributed by atoms with Crippen LogP contribution in [0.5, 0.6) is 5.75 Å². The Morgan fingerprint density at radius 2 is 1.78 bits per heavy atom. The van der Waals surface area contributed by atoms with Gasteiger partial charge in [-0.3, -0.25) is 4.79 Å². The lowest BCUT2D eigenvalue weighted by atomic mass is 10.2. The van der Waals surface area contributed by atoms with E-state index in [0.717, 1.165) is 24.5 Å². The maximum absolute atomic E-state index is 12.2. The van der Waals surface area contributed by atoms with Crippen LogP contribution in [0, 0.1) is 0 Å². The van der Waals surface area contributed by atoms with Gasteiger partial charge in [-0.1, -0.05) is 0 Å². The third-order valence-electron chi connectivity index (χ3n) is 3.53. The van der Waals surface area contributed by atoms with Crippen LogP contribution in [0.25, 0.3) is 0 Å². The van der Waals surface area contributed by atoms with E-state index in [9.17, 15) is 4.79 Å². The summed E-state index contributed by atoms with van der Waals surface area (Å²) in [5.41, 5.74) is 2.13. The lowest BCUT2D eigenvalue weighted by Crippen LogP contribution is -2.22. The number of nitrogens with one attached hydrogen (secondary N) is 1. The second kappa shape index (κ2) is 8.17. The maximum atomic E-state index is 12.2. The first-order chi connectivity index (χ1) is 11.2. The van der Waals surface area contributed by atoms with Crippen LogP contribution in [0.1, 0.15) is 31.3 Å². The van der Waals surface area contributed by atoms with Gasteiger partial charge in [0.25, 0.3) is 5.91 Å². The van der Waals surface area contributed by atoms with Crippen LogP contribution >= 0.6 is 0 Å². The quantitative estimate of drug-likeness (QED) is 0.849. The number of hydrogen-bond acceptors (Lipinski definition) is 4. The summed E-state index contributed by atoms with van der Waals surface area (Å²) in [4.78, 5) is 18.7. The van der Waals surface area contributed by atoms with E-state index >= 15 is 0 Å². The van der Waals surface area contributed by atoms with Gasteiger partial charge in [-0.05, 0) is 57.2 Å². The van der Waals surface area contributed by atoms with Gasteiger partial charge in [0.05, 0.1) is 18.5 Å². The average Bonchev–Trinajstić information content (AvgIpc) is 2.58. The lowest BCUT2D eigenvalue weighted by Gasteiger charge is -2.20. The number of benzene rings is 1. The molecule has 1 heterocycles. The van der Waals surface area contributed by atoms with Gasteiger partial charge in [0.1, 0.15) is 11.4 Å². The van der Waals surface area contributed by atoms with Gasteiger partial charge in [-0.2, -0.15) is 0 Å². The van der Waals surface area contributed by atoms with Crippen molar-refractivity contribution in [2.24, 2.45) is 0 Å². The fourth-order valence-corrected chi connectivity index (χ4v) is 2.29. The minimum atomic E-state index is -0.222. The van der Waals surface area contributed by atoms with E-state index in [2.05, 4.69) is 29.0 Å². The van der Waals surface area contributed by atoms with E-state index < -0.39 is 0 Å². The Balaban J connectivity index is 2.02. The van der Waals surface area contributed by atoms with Crippen LogP contribution in [-0.2, 0) is 0 Å². The highest BCUT2D eigenvalue weighted by molar-refractivity contribution is 6.02. The highest BCUT2D eigenvalue weighted by atomic mass is 16.5. The van der Waals surface area contributed by atoms with Crippen molar-refractivity contribution in [1.82, 2.24) is 4.98 Å². The van der Waals surface area contributed by atoms with Gasteiger partial charge in [0.15, 0.2) is 0 Å². The molecule has 0 unspecified atom stereocenters. The molecule has 0 saturated carbocycles. The molecule has 0 radical (unpaired) electrons. The molecule has 0 aliphatic carbocycles. The van der Waals surface area contributed by atoms with Crippen molar-refractivity contribution in [2.75, 3.05) is 29.9 Å². The molecule has 0 bridgehead atoms. The van der Waals surface area contributed by atoms with Crippen LogP contribution in [0.4, 0.5) is 11.4 Å². The van der Waals surface area contributed by atoms with Crippen molar-refractivity contribution in [3.05, 3.63) is 48.3 Å². The number of anilines is 2. The summed E-state index contributed by atoms with van der Waals surface area (Å²) in [5, 5.41) is 2.83. The van der Waals surface area contributed by atoms with Gasteiger partial charge < -0.3 is 15.0 Å². The minimum absolute atomic E-state index is 0.222. The molecule has 5 heteroatoms. The fourth-order valence-electron chi connectivity index (χ4n) is 2.29. The molecule has 1 amide bonds. The first kappa shape index (κ1) is 16.8. The van der Waals surface area contributed by atoms with Crippen LogP contribution in [-0.4, -0.2) is 30.6 Å². The van der Waals surface area contributed by atoms with Crippen LogP contribution in [0.15, 0.2) is 42.6 Å². The number of carbonyl (C=O) groups excluding carboxylic acids is 1. The van der Waals surface area contributed by atoms with Crippen LogP contribution < -0.4 is 15.0 Å². The smallest absolute Gasteiger partial charge is 0.274 e. The summed E-state index contributed by atoms with van der Waals surface area (Å²) in [6, 6.07) is 11.0.